The average molecular weight is 209 g/mol. The van der Waals surface area contributed by atoms with Gasteiger partial charge >= 0.3 is 0 Å². The molecule has 88 valence electrons. The van der Waals surface area contributed by atoms with E-state index in [1.165, 1.54) is 70.9 Å². The molecule has 0 aromatic rings. The molecule has 1 saturated carbocycles. The largest absolute Gasteiger partial charge is 0.300 e. The quantitative estimate of drug-likeness (QED) is 0.680. The van der Waals surface area contributed by atoms with Gasteiger partial charge in [-0.1, -0.05) is 26.2 Å². The zero-order valence-electron chi connectivity index (χ0n) is 10.4. The number of hydrogen-bond acceptors (Lipinski definition) is 1. The molecule has 1 aliphatic carbocycles. The van der Waals surface area contributed by atoms with Gasteiger partial charge in [0.25, 0.3) is 0 Å². The Bertz CT molecular complexity index is 164. The molecule has 0 radical (unpaired) electrons. The predicted octanol–water partition coefficient (Wildman–Crippen LogP) is 3.83. The Labute approximate surface area is 95.2 Å². The summed E-state index contributed by atoms with van der Waals surface area (Å²) in [6.45, 7) is 5.10. The number of nitrogens with zero attached hydrogens (tertiary/aromatic N) is 1. The van der Waals surface area contributed by atoms with Crippen LogP contribution in [-0.2, 0) is 0 Å². The minimum Gasteiger partial charge on any atom is -0.300 e. The zero-order valence-corrected chi connectivity index (χ0v) is 10.4. The Balaban J connectivity index is 1.67. The summed E-state index contributed by atoms with van der Waals surface area (Å²) in [5.74, 6) is 1.07. The van der Waals surface area contributed by atoms with E-state index < -0.39 is 0 Å². The topological polar surface area (TPSA) is 3.24 Å². The first-order valence-corrected chi connectivity index (χ1v) is 7.14. The molecule has 1 aliphatic heterocycles. The Morgan fingerprint density at radius 3 is 2.27 bits per heavy atom. The summed E-state index contributed by atoms with van der Waals surface area (Å²) in [4.78, 5) is 2.76. The lowest BCUT2D eigenvalue weighted by atomic mass is 9.82. The minimum atomic E-state index is 0.963. The van der Waals surface area contributed by atoms with Crippen LogP contribution in [0, 0.1) is 5.92 Å². The van der Waals surface area contributed by atoms with E-state index in [1.807, 2.05) is 0 Å². The third-order valence-electron chi connectivity index (χ3n) is 4.44. The van der Waals surface area contributed by atoms with E-state index in [2.05, 4.69) is 11.8 Å². The Morgan fingerprint density at radius 2 is 1.67 bits per heavy atom. The van der Waals surface area contributed by atoms with Crippen molar-refractivity contribution in [1.82, 2.24) is 4.90 Å². The standard InChI is InChI=1S/C14H27N/c1-2-3-6-13-7-9-14(10-8-13)15-11-4-5-12-15/h13-14H,2-12H2,1H3. The molecule has 0 unspecified atom stereocenters. The van der Waals surface area contributed by atoms with E-state index in [9.17, 15) is 0 Å². The maximum absolute atomic E-state index is 2.76. The van der Waals surface area contributed by atoms with E-state index in [0.717, 1.165) is 12.0 Å². The van der Waals surface area contributed by atoms with Gasteiger partial charge < -0.3 is 4.90 Å². The molecule has 0 atom stereocenters. The van der Waals surface area contributed by atoms with Crippen molar-refractivity contribution in [2.24, 2.45) is 5.92 Å². The number of unbranched alkanes of at least 4 members (excludes halogenated alkanes) is 1. The molecule has 0 aromatic heterocycles. The lowest BCUT2D eigenvalue weighted by Crippen LogP contribution is -2.35. The van der Waals surface area contributed by atoms with Crippen LogP contribution in [0.2, 0.25) is 0 Å². The van der Waals surface area contributed by atoms with Crippen molar-refractivity contribution >= 4 is 0 Å². The molecule has 15 heavy (non-hydrogen) atoms. The van der Waals surface area contributed by atoms with Crippen LogP contribution in [0.4, 0.5) is 0 Å². The monoisotopic (exact) mass is 209 g/mol. The Kier molecular flexibility index (Phi) is 4.49. The Morgan fingerprint density at radius 1 is 1.00 bits per heavy atom. The van der Waals surface area contributed by atoms with E-state index in [4.69, 9.17) is 0 Å². The molecular formula is C14H27N. The van der Waals surface area contributed by atoms with Crippen LogP contribution in [0.15, 0.2) is 0 Å². The molecule has 1 nitrogen and oxygen atoms in total. The van der Waals surface area contributed by atoms with Gasteiger partial charge in [0.05, 0.1) is 0 Å². The molecule has 1 heterocycles. The van der Waals surface area contributed by atoms with Gasteiger partial charge in [0, 0.05) is 6.04 Å². The summed E-state index contributed by atoms with van der Waals surface area (Å²) in [5.41, 5.74) is 0. The third kappa shape index (κ3) is 3.21. The van der Waals surface area contributed by atoms with Crippen molar-refractivity contribution in [2.45, 2.75) is 70.8 Å². The summed E-state index contributed by atoms with van der Waals surface area (Å²) in [5, 5.41) is 0. The van der Waals surface area contributed by atoms with Crippen LogP contribution in [-0.4, -0.2) is 24.0 Å². The number of likely N-dealkylation sites (tertiary alicyclic amines) is 1. The van der Waals surface area contributed by atoms with Crippen LogP contribution in [0.1, 0.15) is 64.7 Å². The molecule has 0 amide bonds. The summed E-state index contributed by atoms with van der Waals surface area (Å²) in [6, 6.07) is 0.963. The fraction of sp³-hybridized carbons (Fsp3) is 1.00. The second-order valence-corrected chi connectivity index (χ2v) is 5.56. The smallest absolute Gasteiger partial charge is 0.00954 e. The first-order valence-electron chi connectivity index (χ1n) is 7.14. The molecule has 0 bridgehead atoms. The van der Waals surface area contributed by atoms with Crippen molar-refractivity contribution in [1.29, 1.82) is 0 Å². The Hall–Kier alpha value is -0.0400. The van der Waals surface area contributed by atoms with Crippen LogP contribution in [0.25, 0.3) is 0 Å². The molecular weight excluding hydrogens is 182 g/mol. The predicted molar refractivity (Wildman–Crippen MR) is 66.1 cm³/mol. The molecule has 0 spiro atoms. The van der Waals surface area contributed by atoms with Crippen LogP contribution in [0.3, 0.4) is 0 Å². The van der Waals surface area contributed by atoms with Gasteiger partial charge in [-0.05, 0) is 57.5 Å². The molecule has 1 saturated heterocycles. The summed E-state index contributed by atoms with van der Waals surface area (Å²) < 4.78 is 0. The van der Waals surface area contributed by atoms with Gasteiger partial charge in [-0.15, -0.1) is 0 Å². The van der Waals surface area contributed by atoms with E-state index in [1.54, 1.807) is 0 Å². The number of hydrogen-bond donors (Lipinski definition) is 0. The highest BCUT2D eigenvalue weighted by atomic mass is 15.2. The van der Waals surface area contributed by atoms with Gasteiger partial charge in [0.1, 0.15) is 0 Å². The van der Waals surface area contributed by atoms with E-state index in [-0.39, 0.29) is 0 Å². The van der Waals surface area contributed by atoms with Crippen molar-refractivity contribution < 1.29 is 0 Å². The fourth-order valence-corrected chi connectivity index (χ4v) is 3.40. The lowest BCUT2D eigenvalue weighted by Gasteiger charge is -2.34. The van der Waals surface area contributed by atoms with E-state index >= 15 is 0 Å². The van der Waals surface area contributed by atoms with Crippen molar-refractivity contribution in [3.63, 3.8) is 0 Å². The molecule has 2 rings (SSSR count). The second-order valence-electron chi connectivity index (χ2n) is 5.56. The fourth-order valence-electron chi connectivity index (χ4n) is 3.40. The molecule has 0 aromatic carbocycles. The van der Waals surface area contributed by atoms with Crippen molar-refractivity contribution in [3.05, 3.63) is 0 Å². The lowest BCUT2D eigenvalue weighted by molar-refractivity contribution is 0.160. The highest BCUT2D eigenvalue weighted by Gasteiger charge is 2.26. The van der Waals surface area contributed by atoms with Gasteiger partial charge in [-0.25, -0.2) is 0 Å². The van der Waals surface area contributed by atoms with Gasteiger partial charge in [0.2, 0.25) is 0 Å². The van der Waals surface area contributed by atoms with Crippen LogP contribution in [0.5, 0.6) is 0 Å². The van der Waals surface area contributed by atoms with Crippen molar-refractivity contribution in [3.8, 4) is 0 Å². The third-order valence-corrected chi connectivity index (χ3v) is 4.44. The molecule has 1 heteroatoms. The summed E-state index contributed by atoms with van der Waals surface area (Å²) in [7, 11) is 0. The first kappa shape index (κ1) is 11.4. The molecule has 0 N–H and O–H groups in total. The maximum atomic E-state index is 2.76. The summed E-state index contributed by atoms with van der Waals surface area (Å²) >= 11 is 0. The second kappa shape index (κ2) is 5.89. The first-order chi connectivity index (χ1) is 7.40. The van der Waals surface area contributed by atoms with Gasteiger partial charge in [-0.2, -0.15) is 0 Å². The minimum absolute atomic E-state index is 0.963. The normalized spacial score (nSPS) is 33.4. The molecule has 2 fully saturated rings. The summed E-state index contributed by atoms with van der Waals surface area (Å²) in [6.07, 6.45) is 13.3. The van der Waals surface area contributed by atoms with Gasteiger partial charge in [0.15, 0.2) is 0 Å². The maximum Gasteiger partial charge on any atom is 0.00954 e. The highest BCUT2D eigenvalue weighted by molar-refractivity contribution is 4.82. The van der Waals surface area contributed by atoms with Crippen molar-refractivity contribution in [2.75, 3.05) is 13.1 Å². The van der Waals surface area contributed by atoms with E-state index in [0.29, 0.717) is 0 Å². The van der Waals surface area contributed by atoms with Crippen LogP contribution < -0.4 is 0 Å². The average Bonchev–Trinajstić information content (AvgIpc) is 2.80. The number of rotatable bonds is 4. The van der Waals surface area contributed by atoms with Crippen LogP contribution >= 0.6 is 0 Å². The zero-order chi connectivity index (χ0) is 10.5. The highest BCUT2D eigenvalue weighted by Crippen LogP contribution is 2.32. The molecule has 2 aliphatic rings. The van der Waals surface area contributed by atoms with Gasteiger partial charge in [-0.3, -0.25) is 0 Å². The SMILES string of the molecule is CCCCC1CCC(N2CCCC2)CC1.